The molecule has 0 amide bonds. The minimum atomic E-state index is 0.606. The molecule has 1 heterocycles. The second-order valence-corrected chi connectivity index (χ2v) is 7.31. The van der Waals surface area contributed by atoms with E-state index in [0.717, 1.165) is 23.1 Å². The Labute approximate surface area is 131 Å². The van der Waals surface area contributed by atoms with Crippen LogP contribution in [0.1, 0.15) is 28.9 Å². The van der Waals surface area contributed by atoms with Gasteiger partial charge in [0, 0.05) is 20.8 Å². The predicted octanol–water partition coefficient (Wildman–Crippen LogP) is 4.61. The van der Waals surface area contributed by atoms with Gasteiger partial charge in [0.05, 0.1) is 11.4 Å². The van der Waals surface area contributed by atoms with E-state index >= 15 is 0 Å². The first-order valence-corrected chi connectivity index (χ1v) is 8.88. The molecule has 102 valence electrons. The van der Waals surface area contributed by atoms with Crippen LogP contribution in [0.2, 0.25) is 0 Å². The van der Waals surface area contributed by atoms with Crippen LogP contribution in [0.3, 0.4) is 0 Å². The van der Waals surface area contributed by atoms with E-state index in [9.17, 15) is 0 Å². The highest BCUT2D eigenvalue weighted by molar-refractivity contribution is 9.10. The average molecular weight is 357 g/mol. The first-order valence-electron chi connectivity index (χ1n) is 6.28. The van der Waals surface area contributed by atoms with Crippen molar-refractivity contribution in [3.05, 3.63) is 44.3 Å². The fourth-order valence-corrected chi connectivity index (χ4v) is 4.28. The lowest BCUT2D eigenvalue weighted by molar-refractivity contribution is 0.866. The van der Waals surface area contributed by atoms with Crippen LogP contribution in [0.15, 0.2) is 33.6 Å². The molecule has 0 saturated heterocycles. The largest absolute Gasteiger partial charge is 0.326 e. The topological polar surface area (TPSA) is 38.9 Å². The van der Waals surface area contributed by atoms with Gasteiger partial charge in [0.15, 0.2) is 0 Å². The summed E-state index contributed by atoms with van der Waals surface area (Å²) in [6, 6.07) is 8.36. The molecule has 2 nitrogen and oxygen atoms in total. The molecule has 19 heavy (non-hydrogen) atoms. The van der Waals surface area contributed by atoms with E-state index in [2.05, 4.69) is 41.1 Å². The van der Waals surface area contributed by atoms with E-state index in [1.54, 1.807) is 11.3 Å². The van der Waals surface area contributed by atoms with E-state index < -0.39 is 0 Å². The Kier molecular flexibility index (Phi) is 5.88. The first-order chi connectivity index (χ1) is 9.22. The highest BCUT2D eigenvalue weighted by atomic mass is 79.9. The number of thioether (sulfide) groups is 1. The molecule has 5 heteroatoms. The number of nitrogens with zero attached hydrogens (tertiary/aromatic N) is 1. The van der Waals surface area contributed by atoms with Gasteiger partial charge in [-0.05, 0) is 24.6 Å². The van der Waals surface area contributed by atoms with Crippen LogP contribution >= 0.6 is 39.0 Å². The summed E-state index contributed by atoms with van der Waals surface area (Å²) in [6.07, 6.45) is 2.15. The third-order valence-corrected chi connectivity index (χ3v) is 5.45. The number of nitrogens with two attached hydrogens (primary N) is 1. The summed E-state index contributed by atoms with van der Waals surface area (Å²) in [5, 5.41) is 1.17. The molecule has 1 aromatic heterocycles. The van der Waals surface area contributed by atoms with Crippen LogP contribution in [0.25, 0.3) is 0 Å². The maximum atomic E-state index is 5.78. The van der Waals surface area contributed by atoms with Crippen LogP contribution in [0, 0.1) is 0 Å². The summed E-state index contributed by atoms with van der Waals surface area (Å²) in [5.41, 5.74) is 6.97. The monoisotopic (exact) mass is 356 g/mol. The number of halogens is 1. The van der Waals surface area contributed by atoms with Crippen molar-refractivity contribution in [2.24, 2.45) is 5.73 Å². The molecule has 0 atom stereocenters. The molecule has 0 unspecified atom stereocenters. The van der Waals surface area contributed by atoms with Crippen LogP contribution in [0.4, 0.5) is 0 Å². The Morgan fingerprint density at radius 2 is 2.26 bits per heavy atom. The lowest BCUT2D eigenvalue weighted by Gasteiger charge is -1.99. The molecule has 1 aromatic carbocycles. The maximum Gasteiger partial charge on any atom is 0.103 e. The zero-order valence-electron chi connectivity index (χ0n) is 10.9. The zero-order valence-corrected chi connectivity index (χ0v) is 14.1. The van der Waals surface area contributed by atoms with Crippen LogP contribution < -0.4 is 5.73 Å². The molecule has 0 saturated carbocycles. The number of benzene rings is 1. The quantitative estimate of drug-likeness (QED) is 0.768. The number of hydrogen-bond donors (Lipinski definition) is 1. The number of thiazole rings is 1. The highest BCUT2D eigenvalue weighted by Crippen LogP contribution is 2.28. The smallest absolute Gasteiger partial charge is 0.103 e. The normalized spacial score (nSPS) is 10.9. The second-order valence-electron chi connectivity index (χ2n) is 4.18. The van der Waals surface area contributed by atoms with Crippen molar-refractivity contribution in [3.63, 3.8) is 0 Å². The summed E-state index contributed by atoms with van der Waals surface area (Å²) in [6.45, 7) is 2.78. The van der Waals surface area contributed by atoms with Gasteiger partial charge in [-0.3, -0.25) is 0 Å². The van der Waals surface area contributed by atoms with Crippen molar-refractivity contribution in [1.29, 1.82) is 0 Å². The lowest BCUT2D eigenvalue weighted by Crippen LogP contribution is -1.97. The fraction of sp³-hybridized carbons (Fsp3) is 0.357. The van der Waals surface area contributed by atoms with E-state index in [1.165, 1.54) is 20.5 Å². The average Bonchev–Trinajstić information content (AvgIpc) is 2.79. The Bertz CT molecular complexity index is 540. The van der Waals surface area contributed by atoms with Crippen molar-refractivity contribution in [3.8, 4) is 0 Å². The van der Waals surface area contributed by atoms with Crippen molar-refractivity contribution in [2.75, 3.05) is 0 Å². The molecular weight excluding hydrogens is 340 g/mol. The van der Waals surface area contributed by atoms with Gasteiger partial charge < -0.3 is 5.73 Å². The molecule has 2 N–H and O–H groups in total. The molecule has 0 fully saturated rings. The second kappa shape index (κ2) is 7.43. The zero-order chi connectivity index (χ0) is 13.7. The number of aromatic nitrogens is 1. The third kappa shape index (κ3) is 4.31. The van der Waals surface area contributed by atoms with Crippen molar-refractivity contribution < 1.29 is 0 Å². The maximum absolute atomic E-state index is 5.78. The van der Waals surface area contributed by atoms with E-state index in [4.69, 9.17) is 10.7 Å². The molecule has 0 radical (unpaired) electrons. The molecule has 0 aliphatic rings. The molecule has 0 aliphatic heterocycles. The van der Waals surface area contributed by atoms with E-state index in [-0.39, 0.29) is 0 Å². The summed E-state index contributed by atoms with van der Waals surface area (Å²) in [5.74, 6) is 0.915. The van der Waals surface area contributed by atoms with Gasteiger partial charge in [0.25, 0.3) is 0 Å². The third-order valence-electron chi connectivity index (χ3n) is 2.65. The molecule has 0 spiro atoms. The molecule has 2 rings (SSSR count). The van der Waals surface area contributed by atoms with Gasteiger partial charge in [0.1, 0.15) is 5.01 Å². The first kappa shape index (κ1) is 15.0. The number of hydrogen-bond acceptors (Lipinski definition) is 4. The van der Waals surface area contributed by atoms with Gasteiger partial charge in [-0.15, -0.1) is 23.1 Å². The molecular formula is C14H17BrN2S2. The Balaban J connectivity index is 2.03. The number of rotatable bonds is 6. The summed E-state index contributed by atoms with van der Waals surface area (Å²) in [4.78, 5) is 7.22. The SMILES string of the molecule is CCCc1nc(CSc2cccc(Br)c2)sc1CN. The Morgan fingerprint density at radius 1 is 1.42 bits per heavy atom. The number of aryl methyl sites for hydroxylation is 1. The van der Waals surface area contributed by atoms with Crippen molar-refractivity contribution >= 4 is 39.0 Å². The highest BCUT2D eigenvalue weighted by Gasteiger charge is 2.09. The summed E-state index contributed by atoms with van der Waals surface area (Å²) in [7, 11) is 0. The summed E-state index contributed by atoms with van der Waals surface area (Å²) < 4.78 is 1.12. The van der Waals surface area contributed by atoms with Gasteiger partial charge >= 0.3 is 0 Å². The van der Waals surface area contributed by atoms with E-state index in [0.29, 0.717) is 6.54 Å². The fourth-order valence-electron chi connectivity index (χ4n) is 1.79. The van der Waals surface area contributed by atoms with Crippen molar-refractivity contribution in [2.45, 2.75) is 37.0 Å². The summed E-state index contributed by atoms with van der Waals surface area (Å²) >= 11 is 7.06. The van der Waals surface area contributed by atoms with Gasteiger partial charge in [0.2, 0.25) is 0 Å². The Morgan fingerprint density at radius 3 is 2.95 bits per heavy atom. The lowest BCUT2D eigenvalue weighted by atomic mass is 10.2. The minimum Gasteiger partial charge on any atom is -0.326 e. The van der Waals surface area contributed by atoms with Gasteiger partial charge in [-0.2, -0.15) is 0 Å². The Hall–Kier alpha value is -0.360. The standard InChI is InChI=1S/C14H17BrN2S2/c1-2-4-12-13(8-16)19-14(17-12)9-18-11-6-3-5-10(15)7-11/h3,5-7H,2,4,8-9,16H2,1H3. The van der Waals surface area contributed by atoms with Gasteiger partial charge in [-0.25, -0.2) is 4.98 Å². The molecule has 2 aromatic rings. The van der Waals surface area contributed by atoms with Gasteiger partial charge in [-0.1, -0.05) is 35.3 Å². The molecule has 0 aliphatic carbocycles. The minimum absolute atomic E-state index is 0.606. The predicted molar refractivity (Wildman–Crippen MR) is 87.7 cm³/mol. The van der Waals surface area contributed by atoms with E-state index in [1.807, 2.05) is 17.8 Å². The van der Waals surface area contributed by atoms with Crippen LogP contribution in [-0.4, -0.2) is 4.98 Å². The van der Waals surface area contributed by atoms with Crippen LogP contribution in [0.5, 0.6) is 0 Å². The van der Waals surface area contributed by atoms with Crippen LogP contribution in [-0.2, 0) is 18.7 Å². The van der Waals surface area contributed by atoms with Crippen molar-refractivity contribution in [1.82, 2.24) is 4.98 Å². The molecule has 0 bridgehead atoms.